The van der Waals surface area contributed by atoms with Gasteiger partial charge in [0.25, 0.3) is 0 Å². The van der Waals surface area contributed by atoms with Crippen LogP contribution in [0.2, 0.25) is 0 Å². The molecule has 0 atom stereocenters. The van der Waals surface area contributed by atoms with E-state index in [2.05, 4.69) is 36.4 Å². The Balaban J connectivity index is 1.52. The van der Waals surface area contributed by atoms with Crippen molar-refractivity contribution < 1.29 is 9.47 Å². The molecule has 0 unspecified atom stereocenters. The Hall–Kier alpha value is -3.00. The van der Waals surface area contributed by atoms with E-state index >= 15 is 0 Å². The highest BCUT2D eigenvalue weighted by Crippen LogP contribution is 2.35. The summed E-state index contributed by atoms with van der Waals surface area (Å²) in [5.41, 5.74) is 4.84. The molecule has 0 aliphatic heterocycles. The molecule has 130 valence electrons. The van der Waals surface area contributed by atoms with E-state index in [0.29, 0.717) is 13.2 Å². The maximum Gasteiger partial charge on any atom is 0.123 e. The monoisotopic (exact) mass is 342 g/mol. The highest BCUT2D eigenvalue weighted by Gasteiger charge is 2.16. The Morgan fingerprint density at radius 3 is 1.38 bits per heavy atom. The molecule has 2 nitrogen and oxygen atoms in total. The van der Waals surface area contributed by atoms with Crippen molar-refractivity contribution in [2.24, 2.45) is 0 Å². The van der Waals surface area contributed by atoms with Crippen LogP contribution in [0.3, 0.4) is 0 Å². The van der Waals surface area contributed by atoms with Gasteiger partial charge < -0.3 is 9.47 Å². The number of rotatable bonds is 6. The molecular weight excluding hydrogens is 320 g/mol. The maximum atomic E-state index is 6.12. The van der Waals surface area contributed by atoms with Gasteiger partial charge in [-0.3, -0.25) is 0 Å². The van der Waals surface area contributed by atoms with Gasteiger partial charge in [-0.1, -0.05) is 72.8 Å². The Bertz CT molecular complexity index is 808. The number of hydrogen-bond acceptors (Lipinski definition) is 2. The highest BCUT2D eigenvalue weighted by atomic mass is 16.5. The van der Waals surface area contributed by atoms with Crippen molar-refractivity contribution in [3.05, 3.63) is 107 Å². The molecule has 1 aliphatic carbocycles. The Morgan fingerprint density at radius 1 is 0.538 bits per heavy atom. The molecule has 0 heterocycles. The fraction of sp³-hybridized carbons (Fsp3) is 0.167. The minimum absolute atomic E-state index is 0.585. The molecule has 3 aromatic carbocycles. The van der Waals surface area contributed by atoms with Gasteiger partial charge in [-0.05, 0) is 36.1 Å². The molecule has 1 aliphatic rings. The first-order chi connectivity index (χ1) is 12.9. The molecule has 2 heteroatoms. The quantitative estimate of drug-likeness (QED) is 0.551. The summed E-state index contributed by atoms with van der Waals surface area (Å²) in [6, 6.07) is 24.6. The first-order valence-corrected chi connectivity index (χ1v) is 9.03. The average molecular weight is 342 g/mol. The fourth-order valence-corrected chi connectivity index (χ4v) is 3.24. The van der Waals surface area contributed by atoms with Crippen LogP contribution in [-0.4, -0.2) is 0 Å². The minimum Gasteiger partial charge on any atom is -0.489 e. The summed E-state index contributed by atoms with van der Waals surface area (Å²) >= 11 is 0. The number of fused-ring (bicyclic) bond motifs is 1. The van der Waals surface area contributed by atoms with Crippen molar-refractivity contribution in [3.8, 4) is 11.5 Å². The van der Waals surface area contributed by atoms with Gasteiger partial charge in [-0.2, -0.15) is 0 Å². The van der Waals surface area contributed by atoms with Crippen molar-refractivity contribution in [2.75, 3.05) is 0 Å². The fourth-order valence-electron chi connectivity index (χ4n) is 3.24. The second-order valence-corrected chi connectivity index (χ2v) is 6.45. The van der Waals surface area contributed by atoms with E-state index < -0.39 is 0 Å². The van der Waals surface area contributed by atoms with Crippen LogP contribution in [0.15, 0.2) is 84.9 Å². The van der Waals surface area contributed by atoms with Crippen LogP contribution in [-0.2, 0) is 26.1 Å². The van der Waals surface area contributed by atoms with E-state index in [1.165, 1.54) is 22.3 Å². The van der Waals surface area contributed by atoms with Gasteiger partial charge in [0.1, 0.15) is 24.7 Å². The third kappa shape index (κ3) is 3.80. The topological polar surface area (TPSA) is 18.5 Å². The summed E-state index contributed by atoms with van der Waals surface area (Å²) in [5, 5.41) is 0. The van der Waals surface area contributed by atoms with Crippen LogP contribution in [0.4, 0.5) is 0 Å². The molecule has 0 spiro atoms. The largest absolute Gasteiger partial charge is 0.489 e. The van der Waals surface area contributed by atoms with E-state index in [1.54, 1.807) is 0 Å². The summed E-state index contributed by atoms with van der Waals surface area (Å²) in [4.78, 5) is 0. The van der Waals surface area contributed by atoms with Gasteiger partial charge in [0.2, 0.25) is 0 Å². The Morgan fingerprint density at radius 2 is 0.962 bits per heavy atom. The van der Waals surface area contributed by atoms with Crippen molar-refractivity contribution in [1.29, 1.82) is 0 Å². The summed E-state index contributed by atoms with van der Waals surface area (Å²) < 4.78 is 12.2. The standard InChI is InChI=1S/C24H22O2/c1-3-9-19(10-4-1)17-25-23-15-16-24(22-14-8-7-13-21(22)23)26-18-20-11-5-2-6-12-20/h1-12,15-16H,13-14,17-18H2. The molecule has 0 bridgehead atoms. The molecule has 0 amide bonds. The minimum atomic E-state index is 0.585. The maximum absolute atomic E-state index is 6.12. The lowest BCUT2D eigenvalue weighted by molar-refractivity contribution is 0.292. The first kappa shape index (κ1) is 16.5. The molecule has 0 aromatic heterocycles. The van der Waals surface area contributed by atoms with Crippen molar-refractivity contribution in [1.82, 2.24) is 0 Å². The number of allylic oxidation sites excluding steroid dienone is 2. The zero-order chi connectivity index (χ0) is 17.6. The summed E-state index contributed by atoms with van der Waals surface area (Å²) in [6.45, 7) is 1.17. The van der Waals surface area contributed by atoms with Gasteiger partial charge in [0.15, 0.2) is 0 Å². The van der Waals surface area contributed by atoms with Crippen LogP contribution in [0, 0.1) is 0 Å². The summed E-state index contributed by atoms with van der Waals surface area (Å²) in [7, 11) is 0. The van der Waals surface area contributed by atoms with E-state index in [-0.39, 0.29) is 0 Å². The van der Waals surface area contributed by atoms with Crippen LogP contribution in [0.1, 0.15) is 22.3 Å². The van der Waals surface area contributed by atoms with Gasteiger partial charge in [0.05, 0.1) is 0 Å². The van der Waals surface area contributed by atoms with Gasteiger partial charge in [0, 0.05) is 11.1 Å². The van der Waals surface area contributed by atoms with E-state index in [0.717, 1.165) is 24.3 Å². The van der Waals surface area contributed by atoms with Gasteiger partial charge in [-0.15, -0.1) is 0 Å². The van der Waals surface area contributed by atoms with Gasteiger partial charge >= 0.3 is 0 Å². The normalized spacial score (nSPS) is 12.5. The third-order valence-corrected chi connectivity index (χ3v) is 4.63. The predicted molar refractivity (Wildman–Crippen MR) is 105 cm³/mol. The lowest BCUT2D eigenvalue weighted by Crippen LogP contribution is -2.07. The lowest BCUT2D eigenvalue weighted by Gasteiger charge is -2.20. The SMILES string of the molecule is C1=CCc2c(OCc3ccccc3)ccc(OCc3ccccc3)c2C1. The molecule has 0 saturated heterocycles. The molecule has 3 aromatic rings. The van der Waals surface area contributed by atoms with E-state index in [9.17, 15) is 0 Å². The first-order valence-electron chi connectivity index (χ1n) is 9.03. The van der Waals surface area contributed by atoms with Crippen molar-refractivity contribution in [3.63, 3.8) is 0 Å². The second kappa shape index (κ2) is 7.92. The van der Waals surface area contributed by atoms with Crippen molar-refractivity contribution in [2.45, 2.75) is 26.1 Å². The summed E-state index contributed by atoms with van der Waals surface area (Å²) in [5.74, 6) is 1.92. The summed E-state index contributed by atoms with van der Waals surface area (Å²) in [6.07, 6.45) is 6.20. The van der Waals surface area contributed by atoms with Crippen LogP contribution in [0.25, 0.3) is 0 Å². The molecule has 0 saturated carbocycles. The Kier molecular flexibility index (Phi) is 5.02. The number of benzene rings is 3. The van der Waals surface area contributed by atoms with Crippen LogP contribution < -0.4 is 9.47 Å². The average Bonchev–Trinajstić information content (AvgIpc) is 2.72. The predicted octanol–water partition coefficient (Wildman–Crippen LogP) is 5.50. The lowest BCUT2D eigenvalue weighted by atomic mass is 9.95. The number of hydrogen-bond donors (Lipinski definition) is 0. The molecular formula is C24H22O2. The molecule has 26 heavy (non-hydrogen) atoms. The smallest absolute Gasteiger partial charge is 0.123 e. The van der Waals surface area contributed by atoms with Crippen LogP contribution in [0.5, 0.6) is 11.5 Å². The van der Waals surface area contributed by atoms with E-state index in [4.69, 9.17) is 9.47 Å². The van der Waals surface area contributed by atoms with Crippen LogP contribution >= 0.6 is 0 Å². The number of ether oxygens (including phenoxy) is 2. The van der Waals surface area contributed by atoms with Gasteiger partial charge in [-0.25, -0.2) is 0 Å². The zero-order valence-corrected chi connectivity index (χ0v) is 14.7. The Labute approximate surface area is 154 Å². The van der Waals surface area contributed by atoms with Crippen molar-refractivity contribution >= 4 is 0 Å². The molecule has 0 fully saturated rings. The second-order valence-electron chi connectivity index (χ2n) is 6.45. The highest BCUT2D eigenvalue weighted by molar-refractivity contribution is 5.52. The molecule has 0 N–H and O–H groups in total. The third-order valence-electron chi connectivity index (χ3n) is 4.63. The van der Waals surface area contributed by atoms with E-state index in [1.807, 2.05) is 48.5 Å². The zero-order valence-electron chi connectivity index (χ0n) is 14.7. The molecule has 0 radical (unpaired) electrons. The molecule has 4 rings (SSSR count).